The van der Waals surface area contributed by atoms with Gasteiger partial charge in [0.1, 0.15) is 5.75 Å². The fraction of sp³-hybridized carbons (Fsp3) is 0.250. The Hall–Kier alpha value is -2.88. The summed E-state index contributed by atoms with van der Waals surface area (Å²) in [7, 11) is -5.84. The number of benzene rings is 3. The van der Waals surface area contributed by atoms with Gasteiger partial charge < -0.3 is 4.74 Å². The number of hydrogen-bond donors (Lipinski definition) is 1. The van der Waals surface area contributed by atoms with Crippen molar-refractivity contribution in [3.63, 3.8) is 0 Å². The lowest BCUT2D eigenvalue weighted by Crippen LogP contribution is -2.36. The smallest absolute Gasteiger partial charge is 0.243 e. The first-order chi connectivity index (χ1) is 15.7. The third-order valence-corrected chi connectivity index (χ3v) is 8.75. The van der Waals surface area contributed by atoms with Gasteiger partial charge in [0.05, 0.1) is 17.8 Å². The molecular formula is C24H26N2O5S2. The fourth-order valence-corrected chi connectivity index (χ4v) is 6.53. The summed E-state index contributed by atoms with van der Waals surface area (Å²) in [6.07, 6.45) is 0.564. The van der Waals surface area contributed by atoms with Crippen molar-refractivity contribution in [3.8, 4) is 5.75 Å². The van der Waals surface area contributed by atoms with E-state index in [1.54, 1.807) is 60.7 Å². The fourth-order valence-electron chi connectivity index (χ4n) is 3.90. The lowest BCUT2D eigenvalue weighted by Gasteiger charge is -2.28. The zero-order valence-electron chi connectivity index (χ0n) is 18.5. The van der Waals surface area contributed by atoms with Crippen LogP contribution in [0.25, 0.3) is 0 Å². The quantitative estimate of drug-likeness (QED) is 0.550. The Morgan fingerprint density at radius 1 is 0.939 bits per heavy atom. The maximum absolute atomic E-state index is 13.1. The highest BCUT2D eigenvalue weighted by Crippen LogP contribution is 2.28. The third-order valence-electron chi connectivity index (χ3n) is 5.65. The Bertz CT molecular complexity index is 1370. The van der Waals surface area contributed by atoms with Crippen LogP contribution in [0.15, 0.2) is 71.6 Å². The first-order valence-electron chi connectivity index (χ1n) is 10.5. The van der Waals surface area contributed by atoms with Crippen LogP contribution < -0.4 is 9.46 Å². The Balaban J connectivity index is 1.53. The molecule has 0 unspecified atom stereocenters. The van der Waals surface area contributed by atoms with Gasteiger partial charge in [0.15, 0.2) is 0 Å². The highest BCUT2D eigenvalue weighted by atomic mass is 32.2. The number of nitrogens with one attached hydrogen (secondary N) is 1. The van der Waals surface area contributed by atoms with E-state index in [2.05, 4.69) is 4.72 Å². The van der Waals surface area contributed by atoms with Crippen molar-refractivity contribution in [1.29, 1.82) is 0 Å². The number of anilines is 1. The monoisotopic (exact) mass is 486 g/mol. The van der Waals surface area contributed by atoms with Crippen LogP contribution in [-0.4, -0.2) is 34.8 Å². The van der Waals surface area contributed by atoms with Crippen LogP contribution >= 0.6 is 0 Å². The van der Waals surface area contributed by atoms with Gasteiger partial charge >= 0.3 is 0 Å². The van der Waals surface area contributed by atoms with Crippen LogP contribution in [0, 0.1) is 6.92 Å². The number of aryl methyl sites for hydroxylation is 1. The molecular weight excluding hydrogens is 460 g/mol. The summed E-state index contributed by atoms with van der Waals surface area (Å²) in [5.41, 5.74) is 3.74. The lowest BCUT2D eigenvalue weighted by molar-refractivity contribution is 0.391. The molecule has 9 heteroatoms. The van der Waals surface area contributed by atoms with Gasteiger partial charge in [-0.2, -0.15) is 4.31 Å². The molecule has 1 aliphatic heterocycles. The van der Waals surface area contributed by atoms with E-state index in [1.807, 2.05) is 13.0 Å². The zero-order valence-corrected chi connectivity index (χ0v) is 20.1. The van der Waals surface area contributed by atoms with Gasteiger partial charge in [0.25, 0.3) is 0 Å². The number of para-hydroxylation sites is 1. The summed E-state index contributed by atoms with van der Waals surface area (Å²) in [5.74, 6) is 0.271. The van der Waals surface area contributed by atoms with Crippen molar-refractivity contribution >= 4 is 25.7 Å². The molecule has 0 bridgehead atoms. The van der Waals surface area contributed by atoms with Crippen LogP contribution in [-0.2, 0) is 38.8 Å². The number of sulfonamides is 2. The van der Waals surface area contributed by atoms with E-state index in [-0.39, 0.29) is 17.2 Å². The van der Waals surface area contributed by atoms with Crippen molar-refractivity contribution in [2.45, 2.75) is 30.5 Å². The molecule has 0 fully saturated rings. The SMILES string of the molecule is COc1ccccc1CS(=O)(=O)Nc1ccc2c(c1)CN(S(=O)(=O)c1ccc(C)cc1)CC2. The second kappa shape index (κ2) is 9.17. The summed E-state index contributed by atoms with van der Waals surface area (Å²) >= 11 is 0. The van der Waals surface area contributed by atoms with Gasteiger partial charge in [-0.1, -0.05) is 42.0 Å². The standard InChI is InChI=1S/C24H26N2O5S2/c1-18-7-11-23(12-8-18)33(29,30)26-14-13-19-9-10-22(15-21(19)16-26)25-32(27,28)17-20-5-3-4-6-24(20)31-2/h3-12,15,25H,13-14,16-17H2,1-2H3. The van der Waals surface area contributed by atoms with Gasteiger partial charge in [-0.25, -0.2) is 16.8 Å². The van der Waals surface area contributed by atoms with E-state index in [4.69, 9.17) is 4.74 Å². The summed E-state index contributed by atoms with van der Waals surface area (Å²) in [6.45, 7) is 2.47. The molecule has 0 saturated carbocycles. The maximum Gasteiger partial charge on any atom is 0.243 e. The largest absolute Gasteiger partial charge is 0.496 e. The topological polar surface area (TPSA) is 92.8 Å². The summed E-state index contributed by atoms with van der Waals surface area (Å²) in [5, 5.41) is 0. The number of rotatable bonds is 7. The molecule has 174 valence electrons. The highest BCUT2D eigenvalue weighted by Gasteiger charge is 2.28. The predicted octanol–water partition coefficient (Wildman–Crippen LogP) is 3.69. The molecule has 0 radical (unpaired) electrons. The molecule has 3 aromatic carbocycles. The van der Waals surface area contributed by atoms with Crippen molar-refractivity contribution in [1.82, 2.24) is 4.31 Å². The molecule has 33 heavy (non-hydrogen) atoms. The normalized spacial score (nSPS) is 14.5. The van der Waals surface area contributed by atoms with Crippen LogP contribution in [0.2, 0.25) is 0 Å². The van der Waals surface area contributed by atoms with E-state index in [0.717, 1.165) is 16.7 Å². The Morgan fingerprint density at radius 3 is 2.39 bits per heavy atom. The minimum atomic E-state index is -3.70. The van der Waals surface area contributed by atoms with E-state index >= 15 is 0 Å². The molecule has 7 nitrogen and oxygen atoms in total. The summed E-state index contributed by atoms with van der Waals surface area (Å²) < 4.78 is 61.0. The Kier molecular flexibility index (Phi) is 6.47. The van der Waals surface area contributed by atoms with Crippen molar-refractivity contribution in [2.75, 3.05) is 18.4 Å². The van der Waals surface area contributed by atoms with Crippen molar-refractivity contribution in [3.05, 3.63) is 89.0 Å². The third kappa shape index (κ3) is 5.21. The molecule has 0 spiro atoms. The van der Waals surface area contributed by atoms with E-state index in [1.165, 1.54) is 11.4 Å². The second-order valence-electron chi connectivity index (χ2n) is 8.06. The molecule has 1 heterocycles. The number of hydrogen-bond acceptors (Lipinski definition) is 5. The van der Waals surface area contributed by atoms with Gasteiger partial charge in [0, 0.05) is 24.3 Å². The molecule has 4 rings (SSSR count). The first-order valence-corrected chi connectivity index (χ1v) is 13.6. The average Bonchev–Trinajstić information content (AvgIpc) is 2.78. The van der Waals surface area contributed by atoms with E-state index in [9.17, 15) is 16.8 Å². The number of nitrogens with zero attached hydrogens (tertiary/aromatic N) is 1. The number of ether oxygens (including phenoxy) is 1. The average molecular weight is 487 g/mol. The molecule has 3 aromatic rings. The van der Waals surface area contributed by atoms with Crippen LogP contribution in [0.3, 0.4) is 0 Å². The summed E-state index contributed by atoms with van der Waals surface area (Å²) in [6, 6.07) is 19.0. The summed E-state index contributed by atoms with van der Waals surface area (Å²) in [4.78, 5) is 0.255. The highest BCUT2D eigenvalue weighted by molar-refractivity contribution is 7.92. The molecule has 0 atom stereocenters. The van der Waals surface area contributed by atoms with Gasteiger partial charge in [-0.05, 0) is 54.8 Å². The molecule has 0 aromatic heterocycles. The maximum atomic E-state index is 13.1. The Labute approximate surface area is 195 Å². The predicted molar refractivity (Wildman–Crippen MR) is 128 cm³/mol. The van der Waals surface area contributed by atoms with Gasteiger partial charge in [-0.15, -0.1) is 0 Å². The minimum absolute atomic E-state index is 0.188. The molecule has 0 amide bonds. The van der Waals surface area contributed by atoms with Gasteiger partial charge in [-0.3, -0.25) is 4.72 Å². The lowest BCUT2D eigenvalue weighted by atomic mass is 10.0. The van der Waals surface area contributed by atoms with Crippen LogP contribution in [0.1, 0.15) is 22.3 Å². The van der Waals surface area contributed by atoms with E-state index in [0.29, 0.717) is 30.0 Å². The van der Waals surface area contributed by atoms with Crippen LogP contribution in [0.4, 0.5) is 5.69 Å². The molecule has 0 saturated heterocycles. The Morgan fingerprint density at radius 2 is 1.67 bits per heavy atom. The minimum Gasteiger partial charge on any atom is -0.496 e. The second-order valence-corrected chi connectivity index (χ2v) is 11.7. The van der Waals surface area contributed by atoms with Gasteiger partial charge in [0.2, 0.25) is 20.0 Å². The van der Waals surface area contributed by atoms with Crippen molar-refractivity contribution in [2.24, 2.45) is 0 Å². The van der Waals surface area contributed by atoms with E-state index < -0.39 is 20.0 Å². The van der Waals surface area contributed by atoms with Crippen LogP contribution in [0.5, 0.6) is 5.75 Å². The number of fused-ring (bicyclic) bond motifs is 1. The molecule has 1 aliphatic rings. The first kappa shape index (κ1) is 23.3. The zero-order chi connectivity index (χ0) is 23.6. The number of methoxy groups -OCH3 is 1. The van der Waals surface area contributed by atoms with Crippen molar-refractivity contribution < 1.29 is 21.6 Å². The molecule has 1 N–H and O–H groups in total. The molecule has 0 aliphatic carbocycles.